The number of carbonyl (C=O) groups is 1. The molecule has 0 fully saturated rings. The summed E-state index contributed by atoms with van der Waals surface area (Å²) in [7, 11) is 1.61. The lowest BCUT2D eigenvalue weighted by Crippen LogP contribution is -2.26. The highest BCUT2D eigenvalue weighted by molar-refractivity contribution is 9.10. The van der Waals surface area contributed by atoms with Crippen molar-refractivity contribution in [2.75, 3.05) is 12.9 Å². The first-order chi connectivity index (χ1) is 13.5. The molecule has 146 valence electrons. The molecule has 0 radical (unpaired) electrons. The fourth-order valence-electron chi connectivity index (χ4n) is 2.69. The molecule has 0 spiro atoms. The van der Waals surface area contributed by atoms with E-state index in [9.17, 15) is 9.59 Å². The number of rotatable bonds is 7. The lowest BCUT2D eigenvalue weighted by atomic mass is 10.2. The summed E-state index contributed by atoms with van der Waals surface area (Å²) in [5.41, 5.74) is 1.51. The molecule has 0 aliphatic heterocycles. The van der Waals surface area contributed by atoms with Gasteiger partial charge in [0.25, 0.3) is 5.56 Å². The van der Waals surface area contributed by atoms with Gasteiger partial charge in [0.1, 0.15) is 5.75 Å². The average Bonchev–Trinajstić information content (AvgIpc) is 2.71. The molecule has 6 nitrogen and oxygen atoms in total. The summed E-state index contributed by atoms with van der Waals surface area (Å²) in [5, 5.41) is 3.98. The van der Waals surface area contributed by atoms with Crippen molar-refractivity contribution in [2.24, 2.45) is 0 Å². The Morgan fingerprint density at radius 3 is 2.68 bits per heavy atom. The minimum Gasteiger partial charge on any atom is -0.497 e. The average molecular weight is 462 g/mol. The molecule has 1 aromatic heterocycles. The smallest absolute Gasteiger partial charge is 0.262 e. The molecule has 0 aliphatic carbocycles. The number of nitrogens with one attached hydrogen (secondary N) is 1. The molecule has 28 heavy (non-hydrogen) atoms. The van der Waals surface area contributed by atoms with Crippen LogP contribution in [0.15, 0.2) is 56.9 Å². The van der Waals surface area contributed by atoms with Gasteiger partial charge in [-0.15, -0.1) is 0 Å². The first-order valence-electron chi connectivity index (χ1n) is 8.74. The van der Waals surface area contributed by atoms with Crippen LogP contribution in [0.2, 0.25) is 0 Å². The maximum absolute atomic E-state index is 12.7. The molecule has 8 heteroatoms. The van der Waals surface area contributed by atoms with Crippen LogP contribution in [0.25, 0.3) is 10.9 Å². The molecular formula is C20H20BrN3O3S. The van der Waals surface area contributed by atoms with E-state index in [2.05, 4.69) is 26.2 Å². The fraction of sp³-hybridized carbons (Fsp3) is 0.250. The number of hydrogen-bond acceptors (Lipinski definition) is 5. The zero-order valence-electron chi connectivity index (χ0n) is 15.6. The molecule has 3 rings (SSSR count). The van der Waals surface area contributed by atoms with Crippen molar-refractivity contribution in [3.05, 3.63) is 62.9 Å². The number of thioether (sulfide) groups is 1. The fourth-order valence-corrected chi connectivity index (χ4v) is 3.94. The highest BCUT2D eigenvalue weighted by Crippen LogP contribution is 2.20. The van der Waals surface area contributed by atoms with E-state index in [1.54, 1.807) is 23.8 Å². The second kappa shape index (κ2) is 9.25. The number of nitrogens with zero attached hydrogens (tertiary/aromatic N) is 2. The van der Waals surface area contributed by atoms with Crippen LogP contribution in [0.5, 0.6) is 5.75 Å². The largest absolute Gasteiger partial charge is 0.497 e. The van der Waals surface area contributed by atoms with Crippen molar-refractivity contribution in [3.63, 3.8) is 0 Å². The summed E-state index contributed by atoms with van der Waals surface area (Å²) in [6.45, 7) is 2.81. The van der Waals surface area contributed by atoms with Gasteiger partial charge in [0, 0.05) is 17.6 Å². The molecule has 3 aromatic rings. The SMILES string of the molecule is CCn1c(SCC(=O)NCc2ccc(OC)cc2)nc2ccc(Br)cc2c1=O. The normalized spacial score (nSPS) is 10.8. The minimum absolute atomic E-state index is 0.102. The molecule has 0 atom stereocenters. The Morgan fingerprint density at radius 2 is 2.00 bits per heavy atom. The van der Waals surface area contributed by atoms with Gasteiger partial charge in [0.2, 0.25) is 5.91 Å². The molecule has 0 unspecified atom stereocenters. The van der Waals surface area contributed by atoms with Crippen molar-refractivity contribution >= 4 is 44.5 Å². The number of benzene rings is 2. The van der Waals surface area contributed by atoms with Gasteiger partial charge in [-0.2, -0.15) is 0 Å². The number of ether oxygens (including phenoxy) is 1. The van der Waals surface area contributed by atoms with Crippen molar-refractivity contribution in [2.45, 2.75) is 25.2 Å². The Hall–Kier alpha value is -2.32. The lowest BCUT2D eigenvalue weighted by molar-refractivity contribution is -0.118. The Labute approximate surface area is 175 Å². The van der Waals surface area contributed by atoms with E-state index < -0.39 is 0 Å². The van der Waals surface area contributed by atoms with E-state index in [0.29, 0.717) is 29.1 Å². The Kier molecular flexibility index (Phi) is 6.74. The Balaban J connectivity index is 1.67. The maximum Gasteiger partial charge on any atom is 0.262 e. The van der Waals surface area contributed by atoms with Gasteiger partial charge in [0.15, 0.2) is 5.16 Å². The minimum atomic E-state index is -0.117. The van der Waals surface area contributed by atoms with E-state index in [1.807, 2.05) is 37.3 Å². The standard InChI is InChI=1S/C20H20BrN3O3S/c1-3-24-19(26)16-10-14(21)6-9-17(16)23-20(24)28-12-18(25)22-11-13-4-7-15(27-2)8-5-13/h4-10H,3,11-12H2,1-2H3,(H,22,25). The predicted octanol–water partition coefficient (Wildman–Crippen LogP) is 3.60. The summed E-state index contributed by atoms with van der Waals surface area (Å²) in [5.74, 6) is 0.844. The first-order valence-corrected chi connectivity index (χ1v) is 10.5. The van der Waals surface area contributed by atoms with Gasteiger partial charge < -0.3 is 10.1 Å². The van der Waals surface area contributed by atoms with E-state index in [-0.39, 0.29) is 17.2 Å². The van der Waals surface area contributed by atoms with Crippen molar-refractivity contribution in [1.82, 2.24) is 14.9 Å². The zero-order valence-corrected chi connectivity index (χ0v) is 18.0. The Bertz CT molecular complexity index is 1050. The summed E-state index contributed by atoms with van der Waals surface area (Å²) >= 11 is 4.65. The predicted molar refractivity (Wildman–Crippen MR) is 115 cm³/mol. The molecule has 0 saturated carbocycles. The van der Waals surface area contributed by atoms with Crippen LogP contribution in [-0.4, -0.2) is 28.3 Å². The number of hydrogen-bond donors (Lipinski definition) is 1. The molecule has 1 amide bonds. The van der Waals surface area contributed by atoms with Crippen molar-refractivity contribution < 1.29 is 9.53 Å². The number of carbonyl (C=O) groups excluding carboxylic acids is 1. The summed E-state index contributed by atoms with van der Waals surface area (Å²) < 4.78 is 7.55. The molecule has 1 heterocycles. The molecule has 1 N–H and O–H groups in total. The molecule has 0 bridgehead atoms. The third-order valence-corrected chi connectivity index (χ3v) is 5.65. The molecule has 2 aromatic carbocycles. The maximum atomic E-state index is 12.7. The van der Waals surface area contributed by atoms with Crippen LogP contribution >= 0.6 is 27.7 Å². The van der Waals surface area contributed by atoms with Crippen LogP contribution in [-0.2, 0) is 17.9 Å². The van der Waals surface area contributed by atoms with Gasteiger partial charge in [-0.1, -0.05) is 39.8 Å². The monoisotopic (exact) mass is 461 g/mol. The van der Waals surface area contributed by atoms with Crippen LogP contribution < -0.4 is 15.6 Å². The van der Waals surface area contributed by atoms with Gasteiger partial charge in [-0.05, 0) is 42.8 Å². The number of aromatic nitrogens is 2. The van der Waals surface area contributed by atoms with Crippen molar-refractivity contribution in [3.8, 4) is 5.75 Å². The number of amides is 1. The van der Waals surface area contributed by atoms with E-state index in [1.165, 1.54) is 11.8 Å². The Morgan fingerprint density at radius 1 is 1.25 bits per heavy atom. The van der Waals surface area contributed by atoms with Crippen molar-refractivity contribution in [1.29, 1.82) is 0 Å². The van der Waals surface area contributed by atoms with Crippen LogP contribution in [0.3, 0.4) is 0 Å². The third kappa shape index (κ3) is 4.74. The van der Waals surface area contributed by atoms with E-state index >= 15 is 0 Å². The van der Waals surface area contributed by atoms with E-state index in [0.717, 1.165) is 15.8 Å². The highest BCUT2D eigenvalue weighted by atomic mass is 79.9. The quantitative estimate of drug-likeness (QED) is 0.429. The third-order valence-electron chi connectivity index (χ3n) is 4.18. The van der Waals surface area contributed by atoms with E-state index in [4.69, 9.17) is 4.74 Å². The number of halogens is 1. The van der Waals surface area contributed by atoms with Crippen LogP contribution in [0.1, 0.15) is 12.5 Å². The summed E-state index contributed by atoms with van der Waals surface area (Å²) in [6, 6.07) is 12.9. The summed E-state index contributed by atoms with van der Waals surface area (Å²) in [6.07, 6.45) is 0. The topological polar surface area (TPSA) is 73.2 Å². The van der Waals surface area contributed by atoms with Crippen LogP contribution in [0.4, 0.5) is 0 Å². The zero-order chi connectivity index (χ0) is 20.1. The number of fused-ring (bicyclic) bond motifs is 1. The molecule has 0 aliphatic rings. The second-order valence-corrected chi connectivity index (χ2v) is 7.88. The second-order valence-electron chi connectivity index (χ2n) is 6.02. The highest BCUT2D eigenvalue weighted by Gasteiger charge is 2.12. The molecule has 0 saturated heterocycles. The van der Waals surface area contributed by atoms with Crippen LogP contribution in [0, 0.1) is 0 Å². The van der Waals surface area contributed by atoms with Gasteiger partial charge in [0.05, 0.1) is 23.8 Å². The van der Waals surface area contributed by atoms with Gasteiger partial charge in [-0.25, -0.2) is 4.98 Å². The lowest BCUT2D eigenvalue weighted by Gasteiger charge is -2.11. The summed E-state index contributed by atoms with van der Waals surface area (Å²) in [4.78, 5) is 29.5. The first kappa shape index (κ1) is 20.4. The number of methoxy groups -OCH3 is 1. The van der Waals surface area contributed by atoms with Gasteiger partial charge >= 0.3 is 0 Å². The van der Waals surface area contributed by atoms with Gasteiger partial charge in [-0.3, -0.25) is 14.2 Å². The molecular weight excluding hydrogens is 442 g/mol.